The molecule has 2 heteroatoms. The van der Waals surface area contributed by atoms with E-state index < -0.39 is 0 Å². The largest absolute Gasteiger partial charge is 0.456 e. The topological polar surface area (TPSA) is 26.0 Å². The molecule has 0 radical (unpaired) electrons. The molecule has 2 aromatic heterocycles. The number of hydrogen-bond donors (Lipinski definition) is 0. The summed E-state index contributed by atoms with van der Waals surface area (Å²) >= 11 is 0. The number of pyridine rings is 1. The molecule has 0 saturated carbocycles. The highest BCUT2D eigenvalue weighted by atomic mass is 16.3. The first-order valence-electron chi connectivity index (χ1n) is 9.65. The lowest BCUT2D eigenvalue weighted by atomic mass is 9.82. The Morgan fingerprint density at radius 3 is 2.39 bits per heavy atom. The van der Waals surface area contributed by atoms with Gasteiger partial charge in [-0.2, -0.15) is 0 Å². The first-order chi connectivity index (χ1) is 13.6. The van der Waals surface area contributed by atoms with Crippen molar-refractivity contribution >= 4 is 21.9 Å². The maximum Gasteiger partial charge on any atom is 0.135 e. The van der Waals surface area contributed by atoms with E-state index in [0.717, 1.165) is 22.4 Å². The molecule has 0 bridgehead atoms. The number of para-hydroxylation sites is 1. The molecule has 134 valence electrons. The van der Waals surface area contributed by atoms with Gasteiger partial charge in [0.25, 0.3) is 0 Å². The highest BCUT2D eigenvalue weighted by molar-refractivity contribution is 6.07. The number of furan rings is 1. The Morgan fingerprint density at radius 1 is 0.714 bits per heavy atom. The second-order valence-corrected chi connectivity index (χ2v) is 8.09. The fraction of sp³-hybridized carbons (Fsp3) is 0.115. The summed E-state index contributed by atoms with van der Waals surface area (Å²) in [6.07, 6.45) is 1.85. The first kappa shape index (κ1) is 15.6. The molecular weight excluding hydrogens is 342 g/mol. The van der Waals surface area contributed by atoms with E-state index >= 15 is 0 Å². The Bertz CT molecular complexity index is 1380. The molecule has 0 N–H and O–H groups in total. The van der Waals surface area contributed by atoms with Crippen molar-refractivity contribution < 1.29 is 4.42 Å². The van der Waals surface area contributed by atoms with Crippen molar-refractivity contribution in [1.82, 2.24) is 4.98 Å². The number of hydrogen-bond acceptors (Lipinski definition) is 2. The monoisotopic (exact) mass is 361 g/mol. The van der Waals surface area contributed by atoms with Crippen molar-refractivity contribution in [2.45, 2.75) is 19.3 Å². The Balaban J connectivity index is 1.66. The minimum atomic E-state index is -0.0551. The zero-order valence-electron chi connectivity index (χ0n) is 15.9. The summed E-state index contributed by atoms with van der Waals surface area (Å²) in [6, 6.07) is 25.6. The van der Waals surface area contributed by atoms with Crippen LogP contribution in [-0.4, -0.2) is 4.98 Å². The van der Waals surface area contributed by atoms with Gasteiger partial charge in [-0.3, -0.25) is 4.98 Å². The summed E-state index contributed by atoms with van der Waals surface area (Å²) in [4.78, 5) is 4.53. The van der Waals surface area contributed by atoms with Crippen molar-refractivity contribution in [3.8, 4) is 22.4 Å². The van der Waals surface area contributed by atoms with Crippen molar-refractivity contribution in [2.75, 3.05) is 0 Å². The van der Waals surface area contributed by atoms with E-state index in [2.05, 4.69) is 67.4 Å². The molecule has 28 heavy (non-hydrogen) atoms. The fourth-order valence-corrected chi connectivity index (χ4v) is 4.66. The van der Waals surface area contributed by atoms with Crippen LogP contribution in [0.15, 0.2) is 83.4 Å². The summed E-state index contributed by atoms with van der Waals surface area (Å²) in [6.45, 7) is 4.60. The van der Waals surface area contributed by atoms with Gasteiger partial charge in [0.1, 0.15) is 11.2 Å². The number of fused-ring (bicyclic) bond motifs is 6. The molecule has 0 saturated heterocycles. The van der Waals surface area contributed by atoms with Crippen LogP contribution < -0.4 is 0 Å². The van der Waals surface area contributed by atoms with Crippen LogP contribution in [0.2, 0.25) is 0 Å². The van der Waals surface area contributed by atoms with Crippen molar-refractivity contribution in [3.63, 3.8) is 0 Å². The first-order valence-corrected chi connectivity index (χ1v) is 9.65. The summed E-state index contributed by atoms with van der Waals surface area (Å²) in [7, 11) is 0. The second-order valence-electron chi connectivity index (χ2n) is 8.09. The Hall–Kier alpha value is -3.39. The average molecular weight is 361 g/mol. The van der Waals surface area contributed by atoms with Crippen LogP contribution in [0.3, 0.4) is 0 Å². The summed E-state index contributed by atoms with van der Waals surface area (Å²) in [5.74, 6) is 0. The van der Waals surface area contributed by atoms with Crippen LogP contribution in [0.5, 0.6) is 0 Å². The molecule has 2 nitrogen and oxygen atoms in total. The van der Waals surface area contributed by atoms with Crippen LogP contribution in [0, 0.1) is 0 Å². The van der Waals surface area contributed by atoms with E-state index in [0.29, 0.717) is 0 Å². The molecule has 0 unspecified atom stereocenters. The number of rotatable bonds is 1. The molecule has 1 aliphatic carbocycles. The van der Waals surface area contributed by atoms with E-state index in [1.165, 1.54) is 33.0 Å². The molecule has 0 spiro atoms. The number of nitrogens with zero attached hydrogens (tertiary/aromatic N) is 1. The molecule has 5 aromatic rings. The molecule has 0 aliphatic heterocycles. The predicted molar refractivity (Wildman–Crippen MR) is 115 cm³/mol. The summed E-state index contributed by atoms with van der Waals surface area (Å²) in [5, 5.41) is 2.36. The van der Waals surface area contributed by atoms with Gasteiger partial charge in [-0.15, -0.1) is 0 Å². The van der Waals surface area contributed by atoms with E-state index in [9.17, 15) is 0 Å². The minimum absolute atomic E-state index is 0.0551. The van der Waals surface area contributed by atoms with Crippen LogP contribution in [-0.2, 0) is 5.41 Å². The van der Waals surface area contributed by atoms with Crippen molar-refractivity contribution in [2.24, 2.45) is 0 Å². The molecule has 0 atom stereocenters. The molecule has 0 fully saturated rings. The zero-order valence-corrected chi connectivity index (χ0v) is 15.9. The highest BCUT2D eigenvalue weighted by Crippen LogP contribution is 2.51. The maximum absolute atomic E-state index is 6.15. The number of benzene rings is 3. The van der Waals surface area contributed by atoms with Crippen molar-refractivity contribution in [3.05, 3.63) is 90.1 Å². The summed E-state index contributed by atoms with van der Waals surface area (Å²) in [5.41, 5.74) is 9.30. The van der Waals surface area contributed by atoms with Gasteiger partial charge in [0.15, 0.2) is 0 Å². The molecule has 1 aliphatic rings. The van der Waals surface area contributed by atoms with E-state index in [-0.39, 0.29) is 5.41 Å². The SMILES string of the molecule is CC1(C)c2ccc(-c3ccccn3)cc2-c2cc3c(cc21)oc1ccccc13. The Morgan fingerprint density at radius 2 is 1.54 bits per heavy atom. The standard InChI is InChI=1S/C26H19NO/c1-26(2)21-11-10-16(23-8-5-6-12-27-23)13-18(21)19-14-20-17-7-3-4-9-24(17)28-25(20)15-22(19)26/h3-15H,1-2H3. The molecule has 6 rings (SSSR count). The Kier molecular flexibility index (Phi) is 2.98. The van der Waals surface area contributed by atoms with Gasteiger partial charge in [-0.1, -0.05) is 50.2 Å². The van der Waals surface area contributed by atoms with Gasteiger partial charge in [0.05, 0.1) is 5.69 Å². The van der Waals surface area contributed by atoms with Crippen molar-refractivity contribution in [1.29, 1.82) is 0 Å². The van der Waals surface area contributed by atoms with Gasteiger partial charge in [-0.05, 0) is 58.7 Å². The van der Waals surface area contributed by atoms with E-state index in [1.807, 2.05) is 30.5 Å². The average Bonchev–Trinajstić information content (AvgIpc) is 3.20. The van der Waals surface area contributed by atoms with Crippen LogP contribution >= 0.6 is 0 Å². The third-order valence-electron chi connectivity index (χ3n) is 6.13. The second kappa shape index (κ2) is 5.32. The Labute approximate surface area is 163 Å². The van der Waals surface area contributed by atoms with Gasteiger partial charge < -0.3 is 4.42 Å². The van der Waals surface area contributed by atoms with Gasteiger partial charge in [0.2, 0.25) is 0 Å². The normalized spacial score (nSPS) is 14.4. The smallest absolute Gasteiger partial charge is 0.135 e. The number of aromatic nitrogens is 1. The molecule has 0 amide bonds. The lowest BCUT2D eigenvalue weighted by molar-refractivity contribution is 0.647. The van der Waals surface area contributed by atoms with Gasteiger partial charge in [-0.25, -0.2) is 0 Å². The van der Waals surface area contributed by atoms with Crippen LogP contribution in [0.25, 0.3) is 44.3 Å². The van der Waals surface area contributed by atoms with Gasteiger partial charge in [0, 0.05) is 27.9 Å². The van der Waals surface area contributed by atoms with Crippen LogP contribution in [0.4, 0.5) is 0 Å². The molecular formula is C26H19NO. The highest BCUT2D eigenvalue weighted by Gasteiger charge is 2.36. The maximum atomic E-state index is 6.15. The third-order valence-corrected chi connectivity index (χ3v) is 6.13. The van der Waals surface area contributed by atoms with Gasteiger partial charge >= 0.3 is 0 Å². The lowest BCUT2D eigenvalue weighted by Gasteiger charge is -2.21. The molecule has 2 heterocycles. The van der Waals surface area contributed by atoms with E-state index in [1.54, 1.807) is 0 Å². The predicted octanol–water partition coefficient (Wildman–Crippen LogP) is 6.95. The lowest BCUT2D eigenvalue weighted by Crippen LogP contribution is -2.14. The van der Waals surface area contributed by atoms with Crippen LogP contribution in [0.1, 0.15) is 25.0 Å². The summed E-state index contributed by atoms with van der Waals surface area (Å²) < 4.78 is 6.15. The van der Waals surface area contributed by atoms with E-state index in [4.69, 9.17) is 4.42 Å². The quantitative estimate of drug-likeness (QED) is 0.323. The zero-order chi connectivity index (χ0) is 18.9. The minimum Gasteiger partial charge on any atom is -0.456 e. The third kappa shape index (κ3) is 2.00. The molecule has 3 aromatic carbocycles. The fourth-order valence-electron chi connectivity index (χ4n) is 4.66.